The molecule has 0 saturated carbocycles. The SMILES string of the molecule is CCCN(CCC)CCCCN(CCC(=O)OC)Cc1ccc(CN)cc1. The highest BCUT2D eigenvalue weighted by Gasteiger charge is 2.10. The molecule has 1 aromatic rings. The van der Waals surface area contributed by atoms with E-state index >= 15 is 0 Å². The number of esters is 1. The molecule has 0 bridgehead atoms. The first kappa shape index (κ1) is 23.6. The lowest BCUT2D eigenvalue weighted by Gasteiger charge is -2.24. The third-order valence-electron chi connectivity index (χ3n) is 4.80. The van der Waals surface area contributed by atoms with E-state index in [1.165, 1.54) is 45.0 Å². The predicted octanol–water partition coefficient (Wildman–Crippen LogP) is 3.41. The Balaban J connectivity index is 2.50. The van der Waals surface area contributed by atoms with Crippen molar-refractivity contribution >= 4 is 5.97 Å². The van der Waals surface area contributed by atoms with Crippen LogP contribution in [-0.4, -0.2) is 55.6 Å². The fourth-order valence-electron chi connectivity index (χ4n) is 3.30. The topological polar surface area (TPSA) is 58.8 Å². The third kappa shape index (κ3) is 10.5. The van der Waals surface area contributed by atoms with Gasteiger partial charge in [0.2, 0.25) is 0 Å². The second kappa shape index (κ2) is 14.6. The average Bonchev–Trinajstić information content (AvgIpc) is 2.69. The van der Waals surface area contributed by atoms with Gasteiger partial charge in [-0.3, -0.25) is 9.69 Å². The maximum absolute atomic E-state index is 11.5. The highest BCUT2D eigenvalue weighted by molar-refractivity contribution is 5.69. The van der Waals surface area contributed by atoms with E-state index in [1.54, 1.807) is 0 Å². The molecule has 0 saturated heterocycles. The summed E-state index contributed by atoms with van der Waals surface area (Å²) in [5.41, 5.74) is 8.09. The maximum atomic E-state index is 11.5. The van der Waals surface area contributed by atoms with Crippen molar-refractivity contribution in [3.63, 3.8) is 0 Å². The van der Waals surface area contributed by atoms with Gasteiger partial charge in [0.25, 0.3) is 0 Å². The Morgan fingerprint density at radius 3 is 1.96 bits per heavy atom. The van der Waals surface area contributed by atoms with Crippen molar-refractivity contribution in [3.8, 4) is 0 Å². The first-order valence-corrected chi connectivity index (χ1v) is 10.4. The van der Waals surface area contributed by atoms with Gasteiger partial charge in [-0.2, -0.15) is 0 Å². The highest BCUT2D eigenvalue weighted by atomic mass is 16.5. The van der Waals surface area contributed by atoms with Crippen molar-refractivity contribution in [2.45, 2.75) is 59.0 Å². The molecular formula is C22H39N3O2. The number of nitrogens with zero attached hydrogens (tertiary/aromatic N) is 2. The summed E-state index contributed by atoms with van der Waals surface area (Å²) in [5.74, 6) is -0.143. The fourth-order valence-corrected chi connectivity index (χ4v) is 3.30. The van der Waals surface area contributed by atoms with Crippen molar-refractivity contribution in [2.75, 3.05) is 39.8 Å². The van der Waals surface area contributed by atoms with Crippen molar-refractivity contribution < 1.29 is 9.53 Å². The van der Waals surface area contributed by atoms with Gasteiger partial charge in [0, 0.05) is 19.6 Å². The van der Waals surface area contributed by atoms with E-state index in [9.17, 15) is 4.79 Å². The molecule has 0 aromatic heterocycles. The number of carbonyl (C=O) groups excluding carboxylic acids is 1. The average molecular weight is 378 g/mol. The van der Waals surface area contributed by atoms with Crippen LogP contribution in [0.3, 0.4) is 0 Å². The van der Waals surface area contributed by atoms with Gasteiger partial charge >= 0.3 is 5.97 Å². The smallest absolute Gasteiger partial charge is 0.306 e. The molecule has 0 heterocycles. The third-order valence-corrected chi connectivity index (χ3v) is 4.80. The minimum absolute atomic E-state index is 0.143. The lowest BCUT2D eigenvalue weighted by atomic mass is 10.1. The lowest BCUT2D eigenvalue weighted by Crippen LogP contribution is -2.29. The van der Waals surface area contributed by atoms with Gasteiger partial charge in [-0.25, -0.2) is 0 Å². The number of ether oxygens (including phenoxy) is 1. The number of carbonyl (C=O) groups is 1. The Labute approximate surface area is 165 Å². The van der Waals surface area contributed by atoms with Crippen LogP contribution in [0.1, 0.15) is 57.1 Å². The molecule has 0 amide bonds. The summed E-state index contributed by atoms with van der Waals surface area (Å²) in [5, 5.41) is 0. The monoisotopic (exact) mass is 377 g/mol. The summed E-state index contributed by atoms with van der Waals surface area (Å²) in [6.45, 7) is 11.2. The molecule has 0 unspecified atom stereocenters. The second-order valence-corrected chi connectivity index (χ2v) is 7.17. The Morgan fingerprint density at radius 2 is 1.44 bits per heavy atom. The van der Waals surface area contributed by atoms with Crippen LogP contribution < -0.4 is 5.73 Å². The van der Waals surface area contributed by atoms with Gasteiger partial charge in [0.15, 0.2) is 0 Å². The molecular weight excluding hydrogens is 338 g/mol. The predicted molar refractivity (Wildman–Crippen MR) is 112 cm³/mol. The van der Waals surface area contributed by atoms with Crippen LogP contribution in [0.5, 0.6) is 0 Å². The van der Waals surface area contributed by atoms with Crippen LogP contribution in [0.4, 0.5) is 0 Å². The van der Waals surface area contributed by atoms with Gasteiger partial charge < -0.3 is 15.4 Å². The second-order valence-electron chi connectivity index (χ2n) is 7.17. The molecule has 0 aliphatic rings. The zero-order valence-corrected chi connectivity index (χ0v) is 17.6. The number of benzene rings is 1. The Hall–Kier alpha value is -1.43. The largest absolute Gasteiger partial charge is 0.469 e. The van der Waals surface area contributed by atoms with Crippen molar-refractivity contribution in [1.29, 1.82) is 0 Å². The van der Waals surface area contributed by atoms with E-state index in [1.807, 2.05) is 0 Å². The zero-order chi connectivity index (χ0) is 19.9. The molecule has 5 nitrogen and oxygen atoms in total. The van der Waals surface area contributed by atoms with Crippen molar-refractivity contribution in [2.24, 2.45) is 5.73 Å². The minimum atomic E-state index is -0.143. The molecule has 1 aromatic carbocycles. The van der Waals surface area contributed by atoms with E-state index in [2.05, 4.69) is 47.9 Å². The van der Waals surface area contributed by atoms with Crippen LogP contribution >= 0.6 is 0 Å². The molecule has 5 heteroatoms. The lowest BCUT2D eigenvalue weighted by molar-refractivity contribution is -0.141. The normalized spacial score (nSPS) is 11.3. The molecule has 0 radical (unpaired) electrons. The Bertz CT molecular complexity index is 499. The van der Waals surface area contributed by atoms with E-state index in [0.717, 1.165) is 38.2 Å². The summed E-state index contributed by atoms with van der Waals surface area (Å²) in [6, 6.07) is 8.44. The van der Waals surface area contributed by atoms with Crippen LogP contribution in [0, 0.1) is 0 Å². The first-order valence-electron chi connectivity index (χ1n) is 10.4. The molecule has 2 N–H and O–H groups in total. The van der Waals surface area contributed by atoms with E-state index < -0.39 is 0 Å². The highest BCUT2D eigenvalue weighted by Crippen LogP contribution is 2.10. The molecule has 27 heavy (non-hydrogen) atoms. The first-order chi connectivity index (χ1) is 13.1. The van der Waals surface area contributed by atoms with Crippen LogP contribution in [0.2, 0.25) is 0 Å². The van der Waals surface area contributed by atoms with E-state index in [0.29, 0.717) is 13.0 Å². The molecule has 0 aliphatic heterocycles. The van der Waals surface area contributed by atoms with E-state index in [4.69, 9.17) is 10.5 Å². The summed E-state index contributed by atoms with van der Waals surface area (Å²) >= 11 is 0. The van der Waals surface area contributed by atoms with Crippen LogP contribution in [0.15, 0.2) is 24.3 Å². The summed E-state index contributed by atoms with van der Waals surface area (Å²) in [4.78, 5) is 16.5. The minimum Gasteiger partial charge on any atom is -0.469 e. The van der Waals surface area contributed by atoms with Gasteiger partial charge in [0.05, 0.1) is 13.5 Å². The van der Waals surface area contributed by atoms with Crippen molar-refractivity contribution in [3.05, 3.63) is 35.4 Å². The van der Waals surface area contributed by atoms with Gasteiger partial charge in [-0.05, 0) is 63.0 Å². The summed E-state index contributed by atoms with van der Waals surface area (Å²) in [7, 11) is 1.45. The fraction of sp³-hybridized carbons (Fsp3) is 0.682. The number of hydrogen-bond donors (Lipinski definition) is 1. The number of unbranched alkanes of at least 4 members (excludes halogenated alkanes) is 1. The number of methoxy groups -OCH3 is 1. The number of nitrogens with two attached hydrogens (primary N) is 1. The molecule has 1 rings (SSSR count). The molecule has 0 atom stereocenters. The Kier molecular flexibility index (Phi) is 12.8. The molecule has 0 fully saturated rings. The van der Waals surface area contributed by atoms with E-state index in [-0.39, 0.29) is 5.97 Å². The molecule has 0 aliphatic carbocycles. The van der Waals surface area contributed by atoms with Crippen LogP contribution in [-0.2, 0) is 22.6 Å². The van der Waals surface area contributed by atoms with Crippen LogP contribution in [0.25, 0.3) is 0 Å². The quantitative estimate of drug-likeness (QED) is 0.375. The standard InChI is InChI=1S/C22H39N3O2/c1-4-13-24(14-5-2)15-6-7-16-25(17-12-22(26)27-3)19-21-10-8-20(18-23)9-11-21/h8-11H,4-7,12-19,23H2,1-3H3. The molecule has 0 spiro atoms. The summed E-state index contributed by atoms with van der Waals surface area (Å²) < 4.78 is 4.81. The van der Waals surface area contributed by atoms with Gasteiger partial charge in [-0.1, -0.05) is 38.1 Å². The number of rotatable bonds is 15. The van der Waals surface area contributed by atoms with Gasteiger partial charge in [0.1, 0.15) is 0 Å². The number of hydrogen-bond acceptors (Lipinski definition) is 5. The molecule has 154 valence electrons. The van der Waals surface area contributed by atoms with Gasteiger partial charge in [-0.15, -0.1) is 0 Å². The van der Waals surface area contributed by atoms with Crippen molar-refractivity contribution in [1.82, 2.24) is 9.80 Å². The Morgan fingerprint density at radius 1 is 0.889 bits per heavy atom. The maximum Gasteiger partial charge on any atom is 0.306 e. The summed E-state index contributed by atoms with van der Waals surface area (Å²) in [6.07, 6.45) is 5.20. The zero-order valence-electron chi connectivity index (χ0n) is 17.6.